The maximum atomic E-state index is 13.9. The van der Waals surface area contributed by atoms with Crippen LogP contribution in [0.2, 0.25) is 0 Å². The minimum absolute atomic E-state index is 0.112. The van der Waals surface area contributed by atoms with Gasteiger partial charge in [0.25, 0.3) is 6.43 Å². The van der Waals surface area contributed by atoms with Gasteiger partial charge in [0.2, 0.25) is 0 Å². The van der Waals surface area contributed by atoms with Crippen molar-refractivity contribution in [1.29, 1.82) is 0 Å². The number of benzene rings is 3. The van der Waals surface area contributed by atoms with Gasteiger partial charge < -0.3 is 14.4 Å². The molecular formula is C25H23F2NO2. The first-order valence-electron chi connectivity index (χ1n) is 10.3. The number of fused-ring (bicyclic) bond motifs is 6. The van der Waals surface area contributed by atoms with Crippen LogP contribution in [-0.2, 0) is 16.9 Å². The molecule has 2 aliphatic rings. The molecule has 0 fully saturated rings. The van der Waals surface area contributed by atoms with Gasteiger partial charge in [0.15, 0.2) is 5.60 Å². The Morgan fingerprint density at radius 1 is 0.933 bits per heavy atom. The van der Waals surface area contributed by atoms with Gasteiger partial charge in [0.05, 0.1) is 12.2 Å². The predicted octanol–water partition coefficient (Wildman–Crippen LogP) is 6.40. The van der Waals surface area contributed by atoms with Gasteiger partial charge in [-0.1, -0.05) is 36.4 Å². The molecule has 0 aromatic heterocycles. The van der Waals surface area contributed by atoms with E-state index in [1.807, 2.05) is 42.5 Å². The number of anilines is 1. The first-order valence-corrected chi connectivity index (χ1v) is 10.3. The van der Waals surface area contributed by atoms with Crippen molar-refractivity contribution in [3.63, 3.8) is 0 Å². The normalized spacial score (nSPS) is 18.7. The summed E-state index contributed by atoms with van der Waals surface area (Å²) in [7, 11) is 0. The van der Waals surface area contributed by atoms with Gasteiger partial charge in [-0.25, -0.2) is 8.78 Å². The molecule has 30 heavy (non-hydrogen) atoms. The van der Waals surface area contributed by atoms with Gasteiger partial charge in [0.1, 0.15) is 11.5 Å². The molecule has 1 spiro atoms. The molecule has 3 nitrogen and oxygen atoms in total. The third kappa shape index (κ3) is 2.58. The standard InChI is InChI=1S/C25H23F2NO2/c1-3-28(4-2)17-12-13-20-22(14-17)30-23-18(24(26)27)9-7-11-21(23)25(20)19-10-6-5-8-16(19)15-29-25/h5-14,24H,3-4,15H2,1-2H3. The minimum Gasteiger partial charge on any atom is -0.456 e. The van der Waals surface area contributed by atoms with Crippen LogP contribution in [0, 0.1) is 0 Å². The average Bonchev–Trinajstić information content (AvgIpc) is 3.14. The number of nitrogens with zero attached hydrogens (tertiary/aromatic N) is 1. The van der Waals surface area contributed by atoms with Crippen LogP contribution >= 0.6 is 0 Å². The van der Waals surface area contributed by atoms with Crippen LogP contribution < -0.4 is 9.64 Å². The van der Waals surface area contributed by atoms with E-state index in [9.17, 15) is 8.78 Å². The van der Waals surface area contributed by atoms with Crippen molar-refractivity contribution in [3.05, 3.63) is 88.5 Å². The largest absolute Gasteiger partial charge is 0.456 e. The zero-order valence-electron chi connectivity index (χ0n) is 17.0. The lowest BCUT2D eigenvalue weighted by Gasteiger charge is -2.38. The van der Waals surface area contributed by atoms with Crippen molar-refractivity contribution in [2.45, 2.75) is 32.5 Å². The van der Waals surface area contributed by atoms with Gasteiger partial charge in [-0.3, -0.25) is 0 Å². The summed E-state index contributed by atoms with van der Waals surface area (Å²) in [5, 5.41) is 0. The van der Waals surface area contributed by atoms with Gasteiger partial charge in [0, 0.05) is 36.0 Å². The monoisotopic (exact) mass is 407 g/mol. The zero-order valence-corrected chi connectivity index (χ0v) is 17.0. The molecule has 0 amide bonds. The highest BCUT2D eigenvalue weighted by atomic mass is 19.3. The fourth-order valence-corrected chi connectivity index (χ4v) is 4.74. The van der Waals surface area contributed by atoms with E-state index in [4.69, 9.17) is 9.47 Å². The number of para-hydroxylation sites is 1. The molecule has 3 aromatic carbocycles. The maximum absolute atomic E-state index is 13.9. The Balaban J connectivity index is 1.80. The summed E-state index contributed by atoms with van der Waals surface area (Å²) in [6.45, 7) is 6.29. The summed E-state index contributed by atoms with van der Waals surface area (Å²) in [5.74, 6) is 0.769. The lowest BCUT2D eigenvalue weighted by Crippen LogP contribution is -2.33. The summed E-state index contributed by atoms with van der Waals surface area (Å²) in [6.07, 6.45) is -2.64. The molecular weight excluding hydrogens is 384 g/mol. The number of halogens is 2. The Kier molecular flexibility index (Phi) is 4.51. The lowest BCUT2D eigenvalue weighted by molar-refractivity contribution is 0.0192. The molecule has 0 bridgehead atoms. The highest BCUT2D eigenvalue weighted by Crippen LogP contribution is 2.57. The molecule has 2 aliphatic heterocycles. The highest BCUT2D eigenvalue weighted by Gasteiger charge is 2.50. The third-order valence-electron chi connectivity index (χ3n) is 6.19. The van der Waals surface area contributed by atoms with Gasteiger partial charge in [-0.05, 0) is 43.2 Å². The summed E-state index contributed by atoms with van der Waals surface area (Å²) < 4.78 is 40.4. The average molecular weight is 407 g/mol. The van der Waals surface area contributed by atoms with E-state index in [-0.39, 0.29) is 11.3 Å². The Morgan fingerprint density at radius 3 is 2.47 bits per heavy atom. The van der Waals surface area contributed by atoms with E-state index in [0.717, 1.165) is 35.5 Å². The Bertz CT molecular complexity index is 1110. The van der Waals surface area contributed by atoms with Gasteiger partial charge in [-0.2, -0.15) is 0 Å². The SMILES string of the molecule is CCN(CC)c1ccc2c(c1)Oc1c(C(F)F)cccc1C21OCc2ccccc21. The molecule has 0 aliphatic carbocycles. The lowest BCUT2D eigenvalue weighted by atomic mass is 9.77. The second kappa shape index (κ2) is 7.10. The maximum Gasteiger partial charge on any atom is 0.267 e. The third-order valence-corrected chi connectivity index (χ3v) is 6.19. The number of alkyl halides is 2. The van der Waals surface area contributed by atoms with E-state index >= 15 is 0 Å². The summed E-state index contributed by atoms with van der Waals surface area (Å²) in [6, 6.07) is 18.9. The molecule has 5 heteroatoms. The molecule has 1 atom stereocenters. The second-order valence-corrected chi connectivity index (χ2v) is 7.61. The van der Waals surface area contributed by atoms with Crippen molar-refractivity contribution in [3.8, 4) is 11.5 Å². The molecule has 2 heterocycles. The van der Waals surface area contributed by atoms with Crippen LogP contribution in [0.15, 0.2) is 60.7 Å². The number of hydrogen-bond acceptors (Lipinski definition) is 3. The number of ether oxygens (including phenoxy) is 2. The van der Waals surface area contributed by atoms with Crippen molar-refractivity contribution in [1.82, 2.24) is 0 Å². The molecule has 5 rings (SSSR count). The second-order valence-electron chi connectivity index (χ2n) is 7.61. The topological polar surface area (TPSA) is 21.7 Å². The van der Waals surface area contributed by atoms with E-state index in [2.05, 4.69) is 24.8 Å². The van der Waals surface area contributed by atoms with E-state index in [1.54, 1.807) is 6.07 Å². The first-order chi connectivity index (χ1) is 14.6. The van der Waals surface area contributed by atoms with Crippen molar-refractivity contribution in [2.75, 3.05) is 18.0 Å². The molecule has 0 saturated carbocycles. The van der Waals surface area contributed by atoms with Crippen molar-refractivity contribution < 1.29 is 18.3 Å². The zero-order chi connectivity index (χ0) is 20.9. The van der Waals surface area contributed by atoms with Crippen molar-refractivity contribution >= 4 is 5.69 Å². The van der Waals surface area contributed by atoms with Gasteiger partial charge >= 0.3 is 0 Å². The Labute approximate surface area is 174 Å². The molecule has 154 valence electrons. The molecule has 3 aromatic rings. The molecule has 0 radical (unpaired) electrons. The highest BCUT2D eigenvalue weighted by molar-refractivity contribution is 5.68. The quantitative estimate of drug-likeness (QED) is 0.500. The number of rotatable bonds is 4. The van der Waals surface area contributed by atoms with Crippen molar-refractivity contribution in [2.24, 2.45) is 0 Å². The van der Waals surface area contributed by atoms with Crippen LogP contribution in [0.25, 0.3) is 0 Å². The van der Waals surface area contributed by atoms with Crippen LogP contribution in [0.5, 0.6) is 11.5 Å². The van der Waals surface area contributed by atoms with Crippen LogP contribution in [0.4, 0.5) is 14.5 Å². The fourth-order valence-electron chi connectivity index (χ4n) is 4.74. The molecule has 1 unspecified atom stereocenters. The summed E-state index contributed by atoms with van der Waals surface area (Å²) in [4.78, 5) is 2.20. The van der Waals surface area contributed by atoms with E-state index in [0.29, 0.717) is 17.9 Å². The van der Waals surface area contributed by atoms with Crippen LogP contribution in [0.3, 0.4) is 0 Å². The van der Waals surface area contributed by atoms with Crippen LogP contribution in [0.1, 0.15) is 48.1 Å². The number of hydrogen-bond donors (Lipinski definition) is 0. The van der Waals surface area contributed by atoms with E-state index < -0.39 is 12.0 Å². The smallest absolute Gasteiger partial charge is 0.267 e. The molecule has 0 N–H and O–H groups in total. The fraction of sp³-hybridized carbons (Fsp3) is 0.280. The van der Waals surface area contributed by atoms with Crippen LogP contribution in [-0.4, -0.2) is 13.1 Å². The predicted molar refractivity (Wildman–Crippen MR) is 113 cm³/mol. The minimum atomic E-state index is -2.64. The van der Waals surface area contributed by atoms with Gasteiger partial charge in [-0.15, -0.1) is 0 Å². The summed E-state index contributed by atoms with van der Waals surface area (Å²) >= 11 is 0. The summed E-state index contributed by atoms with van der Waals surface area (Å²) in [5.41, 5.74) is 3.46. The Hall–Kier alpha value is -2.92. The Morgan fingerprint density at radius 2 is 1.70 bits per heavy atom. The first kappa shape index (κ1) is 19.1. The van der Waals surface area contributed by atoms with E-state index in [1.165, 1.54) is 6.07 Å². The molecule has 0 saturated heterocycles.